The number of halogens is 1. The van der Waals surface area contributed by atoms with Crippen molar-refractivity contribution >= 4 is 23.1 Å². The lowest BCUT2D eigenvalue weighted by Gasteiger charge is -2.20. The van der Waals surface area contributed by atoms with E-state index in [0.29, 0.717) is 12.5 Å². The molecule has 1 aliphatic rings. The van der Waals surface area contributed by atoms with E-state index in [4.69, 9.17) is 21.1 Å². The van der Waals surface area contributed by atoms with Crippen molar-refractivity contribution in [1.29, 1.82) is 0 Å². The van der Waals surface area contributed by atoms with Crippen LogP contribution in [0.3, 0.4) is 0 Å². The molecule has 1 N–H and O–H groups in total. The summed E-state index contributed by atoms with van der Waals surface area (Å²) >= 11 is 6.20. The molecule has 0 saturated heterocycles. The molecular weight excluding hydrogens is 353 g/mol. The third-order valence-corrected chi connectivity index (χ3v) is 4.94. The number of anilines is 2. The standard InChI is InChI=1S/C19H24ClN3O3/c1-11-8-16(26-4)12(2)7-14(11)21-18-19(24)23(9-17(20)22-18)15(10-25-3)13-5-6-13/h7-9,13,15H,5-6,10H2,1-4H3,(H,21,22)/t15-/m0/s1/i4-1. The van der Waals surface area contributed by atoms with Gasteiger partial charge >= 0.3 is 0 Å². The van der Waals surface area contributed by atoms with Gasteiger partial charge in [-0.25, -0.2) is 4.98 Å². The lowest BCUT2D eigenvalue weighted by molar-refractivity contribution is 0.143. The molecule has 140 valence electrons. The van der Waals surface area contributed by atoms with Crippen molar-refractivity contribution in [3.8, 4) is 5.75 Å². The molecule has 1 saturated carbocycles. The van der Waals surface area contributed by atoms with E-state index < -0.39 is 0 Å². The Bertz CT molecular complexity index is 862. The smallest absolute Gasteiger partial charge is 0.294 e. The number of nitrogens with zero attached hydrogens (tertiary/aromatic N) is 2. The zero-order valence-corrected chi connectivity index (χ0v) is 16.3. The molecule has 7 heteroatoms. The summed E-state index contributed by atoms with van der Waals surface area (Å²) in [6, 6.07) is 3.85. The van der Waals surface area contributed by atoms with Gasteiger partial charge in [0.25, 0.3) is 5.56 Å². The first-order chi connectivity index (χ1) is 12.4. The average molecular weight is 377 g/mol. The number of rotatable bonds is 7. The molecule has 0 radical (unpaired) electrons. The van der Waals surface area contributed by atoms with Crippen LogP contribution in [0.25, 0.3) is 0 Å². The predicted molar refractivity (Wildman–Crippen MR) is 103 cm³/mol. The van der Waals surface area contributed by atoms with Crippen LogP contribution in [0, 0.1) is 19.8 Å². The number of methoxy groups -OCH3 is 2. The highest BCUT2D eigenvalue weighted by Crippen LogP contribution is 2.39. The largest absolute Gasteiger partial charge is 0.496 e. The van der Waals surface area contributed by atoms with E-state index >= 15 is 0 Å². The van der Waals surface area contributed by atoms with Crippen molar-refractivity contribution in [3.05, 3.63) is 45.0 Å². The second kappa shape index (κ2) is 7.68. The molecule has 1 aromatic carbocycles. The molecule has 26 heavy (non-hydrogen) atoms. The maximum Gasteiger partial charge on any atom is 0.294 e. The van der Waals surface area contributed by atoms with Gasteiger partial charge in [-0.2, -0.15) is 0 Å². The Kier molecular flexibility index (Phi) is 5.53. The number of nitrogens with one attached hydrogen (secondary N) is 1. The summed E-state index contributed by atoms with van der Waals surface area (Å²) in [6.07, 6.45) is 3.79. The molecule has 1 fully saturated rings. The van der Waals surface area contributed by atoms with Crippen molar-refractivity contribution in [2.24, 2.45) is 5.92 Å². The van der Waals surface area contributed by atoms with Crippen LogP contribution in [0.5, 0.6) is 5.75 Å². The SMILES string of the molecule is COC[C@@H](C1CC1)n1cc(Cl)nc(Nc2cc(C)c(O[11CH3])cc2C)c1=O. The van der Waals surface area contributed by atoms with E-state index in [9.17, 15) is 4.79 Å². The number of hydrogen-bond acceptors (Lipinski definition) is 5. The highest BCUT2D eigenvalue weighted by molar-refractivity contribution is 6.29. The molecule has 1 atom stereocenters. The molecule has 0 spiro atoms. The van der Waals surface area contributed by atoms with Crippen molar-refractivity contribution in [2.75, 3.05) is 26.1 Å². The minimum atomic E-state index is -0.198. The zero-order valence-electron chi connectivity index (χ0n) is 15.5. The van der Waals surface area contributed by atoms with E-state index in [0.717, 1.165) is 35.4 Å². The van der Waals surface area contributed by atoms with Crippen LogP contribution in [-0.4, -0.2) is 30.4 Å². The Morgan fingerprint density at radius 3 is 2.65 bits per heavy atom. The van der Waals surface area contributed by atoms with Gasteiger partial charge in [-0.15, -0.1) is 0 Å². The molecule has 3 rings (SSSR count). The number of hydrogen-bond donors (Lipinski definition) is 1. The molecule has 1 aromatic heterocycles. The Balaban J connectivity index is 1.99. The Hall–Kier alpha value is -2.05. The van der Waals surface area contributed by atoms with Crippen LogP contribution in [0.2, 0.25) is 5.15 Å². The van der Waals surface area contributed by atoms with Gasteiger partial charge in [0.05, 0.1) is 19.8 Å². The summed E-state index contributed by atoms with van der Waals surface area (Å²) in [5.41, 5.74) is 2.53. The first-order valence-electron chi connectivity index (χ1n) is 8.64. The normalized spacial score (nSPS) is 15.0. The van der Waals surface area contributed by atoms with Crippen LogP contribution in [-0.2, 0) is 4.74 Å². The topological polar surface area (TPSA) is 65.4 Å². The molecule has 0 unspecified atom stereocenters. The van der Waals surface area contributed by atoms with Crippen LogP contribution in [0.1, 0.15) is 30.0 Å². The fraction of sp³-hybridized carbons (Fsp3) is 0.474. The van der Waals surface area contributed by atoms with Crippen molar-refractivity contribution in [2.45, 2.75) is 32.7 Å². The number of aryl methyl sites for hydroxylation is 2. The van der Waals surface area contributed by atoms with E-state index in [1.54, 1.807) is 25.0 Å². The highest BCUT2D eigenvalue weighted by atomic mass is 35.5. The number of ether oxygens (including phenoxy) is 2. The van der Waals surface area contributed by atoms with E-state index in [1.165, 1.54) is 0 Å². The van der Waals surface area contributed by atoms with Crippen molar-refractivity contribution in [1.82, 2.24) is 9.55 Å². The first kappa shape index (κ1) is 18.7. The quantitative estimate of drug-likeness (QED) is 0.794. The molecule has 6 nitrogen and oxygen atoms in total. The van der Waals surface area contributed by atoms with Gasteiger partial charge in [0.1, 0.15) is 10.9 Å². The minimum Gasteiger partial charge on any atom is -0.496 e. The van der Waals surface area contributed by atoms with Gasteiger partial charge in [0, 0.05) is 19.0 Å². The minimum absolute atomic E-state index is 0.0211. The summed E-state index contributed by atoms with van der Waals surface area (Å²) < 4.78 is 12.3. The summed E-state index contributed by atoms with van der Waals surface area (Å²) in [4.78, 5) is 17.2. The predicted octanol–water partition coefficient (Wildman–Crippen LogP) is 3.86. The van der Waals surface area contributed by atoms with E-state index in [-0.39, 0.29) is 22.6 Å². The Morgan fingerprint density at radius 2 is 2.04 bits per heavy atom. The zero-order chi connectivity index (χ0) is 18.8. The van der Waals surface area contributed by atoms with Crippen LogP contribution in [0.4, 0.5) is 11.5 Å². The third-order valence-electron chi connectivity index (χ3n) is 4.76. The van der Waals surface area contributed by atoms with Gasteiger partial charge in [0.15, 0.2) is 5.82 Å². The molecule has 0 aliphatic heterocycles. The fourth-order valence-corrected chi connectivity index (χ4v) is 3.36. The Morgan fingerprint density at radius 1 is 1.31 bits per heavy atom. The van der Waals surface area contributed by atoms with Crippen molar-refractivity contribution < 1.29 is 9.47 Å². The summed E-state index contributed by atoms with van der Waals surface area (Å²) in [6.45, 7) is 4.38. The second-order valence-electron chi connectivity index (χ2n) is 6.75. The van der Waals surface area contributed by atoms with Gasteiger partial charge < -0.3 is 19.4 Å². The van der Waals surface area contributed by atoms with Gasteiger partial charge in [-0.3, -0.25) is 4.79 Å². The maximum atomic E-state index is 13.0. The average Bonchev–Trinajstić information content (AvgIpc) is 3.43. The highest BCUT2D eigenvalue weighted by Gasteiger charge is 2.33. The summed E-state index contributed by atoms with van der Waals surface area (Å²) in [7, 11) is 3.28. The molecule has 1 aliphatic carbocycles. The molecular formula is C19H24ClN3O3. The molecule has 2 aromatic rings. The lowest BCUT2D eigenvalue weighted by atomic mass is 10.1. The fourth-order valence-electron chi connectivity index (χ4n) is 3.17. The van der Waals surface area contributed by atoms with Crippen molar-refractivity contribution in [3.63, 3.8) is 0 Å². The number of aromatic nitrogens is 2. The Labute approximate surface area is 158 Å². The van der Waals surface area contributed by atoms with Crippen LogP contribution >= 0.6 is 11.6 Å². The molecule has 1 heterocycles. The third kappa shape index (κ3) is 3.86. The lowest BCUT2D eigenvalue weighted by Crippen LogP contribution is -2.30. The van der Waals surface area contributed by atoms with Crippen LogP contribution < -0.4 is 15.6 Å². The van der Waals surface area contributed by atoms with E-state index in [2.05, 4.69) is 10.3 Å². The van der Waals surface area contributed by atoms with Gasteiger partial charge in [-0.05, 0) is 55.9 Å². The summed E-state index contributed by atoms with van der Waals surface area (Å²) in [5, 5.41) is 3.42. The second-order valence-corrected chi connectivity index (χ2v) is 7.13. The monoisotopic (exact) mass is 376 g/mol. The van der Waals surface area contributed by atoms with Gasteiger partial charge in [-0.1, -0.05) is 11.6 Å². The summed E-state index contributed by atoms with van der Waals surface area (Å²) in [5.74, 6) is 1.47. The van der Waals surface area contributed by atoms with E-state index in [1.807, 2.05) is 26.0 Å². The van der Waals surface area contributed by atoms with Gasteiger partial charge in [0.2, 0.25) is 0 Å². The van der Waals surface area contributed by atoms with Crippen LogP contribution in [0.15, 0.2) is 23.1 Å². The molecule has 0 amide bonds. The first-order valence-corrected chi connectivity index (χ1v) is 9.02. The maximum absolute atomic E-state index is 13.0. The number of benzene rings is 1. The molecule has 0 bridgehead atoms.